The van der Waals surface area contributed by atoms with Crippen molar-refractivity contribution >= 4 is 40.5 Å². The summed E-state index contributed by atoms with van der Waals surface area (Å²) in [6.45, 7) is 0.508. The molecule has 1 N–H and O–H groups in total. The molecular formula is C25H20Cl3NO. The Labute approximate surface area is 191 Å². The van der Waals surface area contributed by atoms with Gasteiger partial charge in [-0.2, -0.15) is 0 Å². The van der Waals surface area contributed by atoms with Gasteiger partial charge in [0.1, 0.15) is 12.4 Å². The van der Waals surface area contributed by atoms with E-state index in [0.29, 0.717) is 17.5 Å². The number of hydrogen-bond acceptors (Lipinski definition) is 2. The first kappa shape index (κ1) is 19.8. The van der Waals surface area contributed by atoms with Gasteiger partial charge in [-0.1, -0.05) is 71.2 Å². The molecule has 3 aromatic rings. The van der Waals surface area contributed by atoms with Crippen LogP contribution in [-0.4, -0.2) is 0 Å². The van der Waals surface area contributed by atoms with Crippen LogP contribution in [0.1, 0.15) is 35.1 Å². The van der Waals surface area contributed by atoms with Crippen molar-refractivity contribution in [1.82, 2.24) is 0 Å². The number of ether oxygens (including phenoxy) is 1. The third kappa shape index (κ3) is 3.69. The first-order valence-corrected chi connectivity index (χ1v) is 11.1. The summed E-state index contributed by atoms with van der Waals surface area (Å²) in [6, 6.07) is 19.9. The second-order valence-electron chi connectivity index (χ2n) is 7.78. The molecule has 5 heteroatoms. The van der Waals surface area contributed by atoms with E-state index in [2.05, 4.69) is 29.6 Å². The number of allylic oxidation sites excluding steroid dienone is 2. The average Bonchev–Trinajstić information content (AvgIpc) is 3.25. The largest absolute Gasteiger partial charge is 0.489 e. The monoisotopic (exact) mass is 455 g/mol. The molecule has 3 aromatic carbocycles. The van der Waals surface area contributed by atoms with E-state index in [1.54, 1.807) is 0 Å². The Morgan fingerprint density at radius 1 is 0.867 bits per heavy atom. The van der Waals surface area contributed by atoms with E-state index in [1.807, 2.05) is 48.5 Å². The Hall–Kier alpha value is -2.13. The summed E-state index contributed by atoms with van der Waals surface area (Å²) in [4.78, 5) is 0. The number of fused-ring (bicyclic) bond motifs is 3. The summed E-state index contributed by atoms with van der Waals surface area (Å²) in [5.41, 5.74) is 4.36. The van der Waals surface area contributed by atoms with Crippen LogP contribution in [0.25, 0.3) is 0 Å². The summed E-state index contributed by atoms with van der Waals surface area (Å²) < 4.78 is 5.94. The van der Waals surface area contributed by atoms with Crippen LogP contribution in [0.2, 0.25) is 15.1 Å². The molecule has 1 aliphatic carbocycles. The minimum Gasteiger partial charge on any atom is -0.489 e. The minimum absolute atomic E-state index is 0.166. The van der Waals surface area contributed by atoms with Crippen molar-refractivity contribution in [1.29, 1.82) is 0 Å². The number of anilines is 1. The van der Waals surface area contributed by atoms with Gasteiger partial charge in [0.05, 0.1) is 16.8 Å². The molecule has 0 saturated heterocycles. The number of halogens is 3. The highest BCUT2D eigenvalue weighted by atomic mass is 35.5. The fraction of sp³-hybridized carbons (Fsp3) is 0.200. The fourth-order valence-corrected chi connectivity index (χ4v) is 5.11. The van der Waals surface area contributed by atoms with Gasteiger partial charge in [-0.05, 0) is 59.9 Å². The second-order valence-corrected chi connectivity index (χ2v) is 9.03. The number of hydrogen-bond donors (Lipinski definition) is 1. The minimum atomic E-state index is 0.166. The van der Waals surface area contributed by atoms with Gasteiger partial charge < -0.3 is 10.1 Å². The number of rotatable bonds is 4. The van der Waals surface area contributed by atoms with Crippen LogP contribution in [0.3, 0.4) is 0 Å². The molecule has 1 heterocycles. The van der Waals surface area contributed by atoms with Crippen molar-refractivity contribution in [2.45, 2.75) is 25.0 Å². The van der Waals surface area contributed by atoms with Gasteiger partial charge in [0.15, 0.2) is 0 Å². The molecule has 152 valence electrons. The molecule has 0 spiro atoms. The Morgan fingerprint density at radius 2 is 1.60 bits per heavy atom. The highest BCUT2D eigenvalue weighted by molar-refractivity contribution is 6.36. The van der Waals surface area contributed by atoms with Gasteiger partial charge in [-0.15, -0.1) is 0 Å². The summed E-state index contributed by atoms with van der Waals surface area (Å²) >= 11 is 19.0. The molecule has 2 aliphatic rings. The van der Waals surface area contributed by atoms with Gasteiger partial charge in [-0.3, -0.25) is 0 Å². The molecule has 2 nitrogen and oxygen atoms in total. The van der Waals surface area contributed by atoms with Crippen molar-refractivity contribution < 1.29 is 4.74 Å². The molecule has 0 amide bonds. The molecule has 0 bridgehead atoms. The van der Waals surface area contributed by atoms with Gasteiger partial charge >= 0.3 is 0 Å². The lowest BCUT2D eigenvalue weighted by Crippen LogP contribution is -2.29. The molecule has 0 radical (unpaired) electrons. The topological polar surface area (TPSA) is 21.3 Å². The van der Waals surface area contributed by atoms with Crippen LogP contribution < -0.4 is 10.1 Å². The number of nitrogens with one attached hydrogen (secondary N) is 1. The smallest absolute Gasteiger partial charge is 0.119 e. The van der Waals surface area contributed by atoms with Crippen molar-refractivity contribution in [2.24, 2.45) is 5.92 Å². The van der Waals surface area contributed by atoms with E-state index >= 15 is 0 Å². The number of benzene rings is 3. The van der Waals surface area contributed by atoms with E-state index in [4.69, 9.17) is 39.5 Å². The van der Waals surface area contributed by atoms with Crippen LogP contribution >= 0.6 is 34.8 Å². The molecule has 5 rings (SSSR count). The Morgan fingerprint density at radius 3 is 2.37 bits per heavy atom. The second kappa shape index (κ2) is 8.19. The summed E-state index contributed by atoms with van der Waals surface area (Å²) in [6.07, 6.45) is 5.53. The zero-order valence-electron chi connectivity index (χ0n) is 16.1. The van der Waals surface area contributed by atoms with Gasteiger partial charge in [0.25, 0.3) is 0 Å². The highest BCUT2D eigenvalue weighted by Crippen LogP contribution is 2.53. The highest BCUT2D eigenvalue weighted by Gasteiger charge is 2.39. The fourth-order valence-electron chi connectivity index (χ4n) is 4.48. The predicted octanol–water partition coefficient (Wildman–Crippen LogP) is 8.05. The molecule has 1 aliphatic heterocycles. The summed E-state index contributed by atoms with van der Waals surface area (Å²) in [5.74, 6) is 1.53. The van der Waals surface area contributed by atoms with Gasteiger partial charge in [0, 0.05) is 21.5 Å². The van der Waals surface area contributed by atoms with E-state index in [0.717, 1.165) is 39.0 Å². The Kier molecular flexibility index (Phi) is 5.41. The molecule has 0 unspecified atom stereocenters. The molecule has 3 atom stereocenters. The first-order valence-electron chi connectivity index (χ1n) is 9.98. The van der Waals surface area contributed by atoms with Gasteiger partial charge in [-0.25, -0.2) is 0 Å². The van der Waals surface area contributed by atoms with Crippen molar-refractivity contribution in [3.63, 3.8) is 0 Å². The van der Waals surface area contributed by atoms with E-state index in [1.165, 1.54) is 5.56 Å². The maximum absolute atomic E-state index is 6.53. The maximum Gasteiger partial charge on any atom is 0.119 e. The van der Waals surface area contributed by atoms with Crippen molar-refractivity contribution in [3.05, 3.63) is 105 Å². The lowest BCUT2D eigenvalue weighted by molar-refractivity contribution is 0.306. The average molecular weight is 457 g/mol. The quantitative estimate of drug-likeness (QED) is 0.401. The zero-order chi connectivity index (χ0) is 20.7. The van der Waals surface area contributed by atoms with Gasteiger partial charge in [0.2, 0.25) is 0 Å². The Balaban J connectivity index is 1.36. The van der Waals surface area contributed by atoms with Crippen LogP contribution in [0.15, 0.2) is 72.8 Å². The standard InChI is InChI=1S/C25H20Cl3NO/c26-17-8-4-15(5-9-17)14-30-18-10-6-16(7-11-18)24-20-3-1-2-19(20)23-21(27)12-13-22(28)25(23)29-24/h1-2,4-13,19-20,24,29H,3,14H2/t19-,20+,24+/m1/s1. The van der Waals surface area contributed by atoms with E-state index in [9.17, 15) is 0 Å². The van der Waals surface area contributed by atoms with Crippen LogP contribution in [0, 0.1) is 5.92 Å². The molecule has 0 aromatic heterocycles. The van der Waals surface area contributed by atoms with Crippen molar-refractivity contribution in [2.75, 3.05) is 5.32 Å². The third-order valence-corrected chi connectivity index (χ3v) is 6.87. The molecule has 0 saturated carbocycles. The van der Waals surface area contributed by atoms with Crippen LogP contribution in [-0.2, 0) is 6.61 Å². The van der Waals surface area contributed by atoms with Crippen molar-refractivity contribution in [3.8, 4) is 5.75 Å². The summed E-state index contributed by atoms with van der Waals surface area (Å²) in [5, 5.41) is 5.87. The third-order valence-electron chi connectivity index (χ3n) is 5.97. The lowest BCUT2D eigenvalue weighted by atomic mass is 9.77. The van der Waals surface area contributed by atoms with E-state index < -0.39 is 0 Å². The van der Waals surface area contributed by atoms with E-state index in [-0.39, 0.29) is 12.0 Å². The Bertz CT molecular complexity index is 1090. The van der Waals surface area contributed by atoms with Crippen LogP contribution in [0.4, 0.5) is 5.69 Å². The maximum atomic E-state index is 6.53. The predicted molar refractivity (Wildman–Crippen MR) is 125 cm³/mol. The normalized spacial score (nSPS) is 21.6. The zero-order valence-corrected chi connectivity index (χ0v) is 18.4. The van der Waals surface area contributed by atoms with Crippen LogP contribution in [0.5, 0.6) is 5.75 Å². The molecule has 30 heavy (non-hydrogen) atoms. The summed E-state index contributed by atoms with van der Waals surface area (Å²) in [7, 11) is 0. The molecular weight excluding hydrogens is 437 g/mol. The lowest BCUT2D eigenvalue weighted by Gasteiger charge is -2.38. The SMILES string of the molecule is Clc1ccc(COc2ccc([C@@H]3Nc4c(Cl)ccc(Cl)c4[C@@H]4C=CC[C@@H]43)cc2)cc1. The first-order chi connectivity index (χ1) is 14.6. The molecule has 0 fully saturated rings.